The van der Waals surface area contributed by atoms with Gasteiger partial charge in [-0.05, 0) is 42.7 Å². The second-order valence-electron chi connectivity index (χ2n) is 5.74. The van der Waals surface area contributed by atoms with E-state index in [2.05, 4.69) is 23.5 Å². The third-order valence-corrected chi connectivity index (χ3v) is 5.56. The van der Waals surface area contributed by atoms with Gasteiger partial charge in [0.1, 0.15) is 0 Å². The van der Waals surface area contributed by atoms with Crippen LogP contribution in [-0.4, -0.2) is 16.4 Å². The summed E-state index contributed by atoms with van der Waals surface area (Å²) in [5.74, 6) is 0.113. The van der Waals surface area contributed by atoms with Gasteiger partial charge in [0, 0.05) is 10.9 Å². The molecule has 0 aromatic heterocycles. The van der Waals surface area contributed by atoms with Crippen LogP contribution in [0.15, 0.2) is 42.5 Å². The van der Waals surface area contributed by atoms with Crippen LogP contribution in [0.3, 0.4) is 0 Å². The Kier molecular flexibility index (Phi) is 4.49. The van der Waals surface area contributed by atoms with Crippen molar-refractivity contribution in [3.05, 3.63) is 42.5 Å². The van der Waals surface area contributed by atoms with Crippen molar-refractivity contribution >= 4 is 34.1 Å². The van der Waals surface area contributed by atoms with Crippen molar-refractivity contribution in [2.75, 3.05) is 5.32 Å². The molecule has 2 aromatic rings. The van der Waals surface area contributed by atoms with E-state index in [0.717, 1.165) is 11.1 Å². The number of fused-ring (bicyclic) bond motifs is 1. The number of hydrogen-bond donors (Lipinski definition) is 1. The van der Waals surface area contributed by atoms with Crippen molar-refractivity contribution in [1.82, 2.24) is 0 Å². The first-order valence-corrected chi connectivity index (χ1v) is 8.62. The van der Waals surface area contributed by atoms with Crippen molar-refractivity contribution in [1.29, 1.82) is 0 Å². The molecule has 110 valence electrons. The molecule has 2 aromatic carbocycles. The van der Waals surface area contributed by atoms with Crippen molar-refractivity contribution in [2.24, 2.45) is 0 Å². The number of amides is 1. The predicted octanol–water partition coefficient (Wildman–Crippen LogP) is 4.84. The number of anilines is 1. The Morgan fingerprint density at radius 2 is 1.86 bits per heavy atom. The number of carbonyl (C=O) groups excluding carboxylic acids is 1. The maximum atomic E-state index is 12.3. The lowest BCUT2D eigenvalue weighted by atomic mass is 10.1. The van der Waals surface area contributed by atoms with Crippen LogP contribution < -0.4 is 5.32 Å². The van der Waals surface area contributed by atoms with E-state index in [1.165, 1.54) is 31.1 Å². The van der Waals surface area contributed by atoms with E-state index in [0.29, 0.717) is 5.25 Å². The molecule has 1 amide bonds. The summed E-state index contributed by atoms with van der Waals surface area (Å²) >= 11 is 1.83. The van der Waals surface area contributed by atoms with E-state index in [9.17, 15) is 4.79 Å². The van der Waals surface area contributed by atoms with Gasteiger partial charge in [0.15, 0.2) is 0 Å². The molecule has 2 nitrogen and oxygen atoms in total. The molecule has 1 fully saturated rings. The lowest BCUT2D eigenvalue weighted by Crippen LogP contribution is -2.24. The van der Waals surface area contributed by atoms with E-state index in [1.54, 1.807) is 0 Å². The highest BCUT2D eigenvalue weighted by Gasteiger charge is 2.22. The van der Waals surface area contributed by atoms with Crippen molar-refractivity contribution in [3.8, 4) is 0 Å². The molecule has 1 saturated carbocycles. The predicted molar refractivity (Wildman–Crippen MR) is 91.9 cm³/mol. The van der Waals surface area contributed by atoms with Gasteiger partial charge in [0.05, 0.1) is 5.25 Å². The molecule has 0 aliphatic heterocycles. The van der Waals surface area contributed by atoms with Gasteiger partial charge in [0.2, 0.25) is 5.91 Å². The Hall–Kier alpha value is -1.48. The molecule has 1 atom stereocenters. The summed E-state index contributed by atoms with van der Waals surface area (Å²) in [6.07, 6.45) is 5.16. The van der Waals surface area contributed by atoms with E-state index in [4.69, 9.17) is 0 Å². The minimum atomic E-state index is 0.0135. The first-order chi connectivity index (χ1) is 10.2. The average Bonchev–Trinajstić information content (AvgIpc) is 3.00. The van der Waals surface area contributed by atoms with Crippen LogP contribution in [0, 0.1) is 0 Å². The first-order valence-electron chi connectivity index (χ1n) is 7.67. The molecule has 1 aliphatic rings. The summed E-state index contributed by atoms with van der Waals surface area (Å²) in [6.45, 7) is 2.01. The number of nitrogens with one attached hydrogen (secondary N) is 1. The lowest BCUT2D eigenvalue weighted by molar-refractivity contribution is -0.115. The smallest absolute Gasteiger partial charge is 0.237 e. The summed E-state index contributed by atoms with van der Waals surface area (Å²) in [5, 5.41) is 6.09. The van der Waals surface area contributed by atoms with E-state index in [1.807, 2.05) is 43.0 Å². The fourth-order valence-electron chi connectivity index (χ4n) is 2.89. The van der Waals surface area contributed by atoms with Crippen LogP contribution in [0.4, 0.5) is 5.69 Å². The normalized spacial score (nSPS) is 17.0. The van der Waals surface area contributed by atoms with Crippen molar-refractivity contribution in [2.45, 2.75) is 43.1 Å². The fraction of sp³-hybridized carbons (Fsp3) is 0.389. The molecule has 21 heavy (non-hydrogen) atoms. The summed E-state index contributed by atoms with van der Waals surface area (Å²) in [6, 6.07) is 14.3. The second-order valence-corrected chi connectivity index (χ2v) is 7.38. The maximum absolute atomic E-state index is 12.3. The van der Waals surface area contributed by atoms with Crippen LogP contribution in [-0.2, 0) is 4.79 Å². The Morgan fingerprint density at radius 1 is 1.14 bits per heavy atom. The summed E-state index contributed by atoms with van der Waals surface area (Å²) < 4.78 is 0. The maximum Gasteiger partial charge on any atom is 0.237 e. The number of carbonyl (C=O) groups is 1. The quantitative estimate of drug-likeness (QED) is 0.875. The molecule has 0 radical (unpaired) electrons. The first kappa shape index (κ1) is 14.5. The molecule has 0 bridgehead atoms. The third-order valence-electron chi connectivity index (χ3n) is 4.09. The largest absolute Gasteiger partial charge is 0.325 e. The molecule has 0 spiro atoms. The van der Waals surface area contributed by atoms with Crippen molar-refractivity contribution in [3.63, 3.8) is 0 Å². The fourth-order valence-corrected chi connectivity index (χ4v) is 4.25. The molecule has 0 saturated heterocycles. The summed E-state index contributed by atoms with van der Waals surface area (Å²) in [7, 11) is 0. The zero-order chi connectivity index (χ0) is 14.7. The van der Waals surface area contributed by atoms with Crippen molar-refractivity contribution < 1.29 is 4.79 Å². The molecular formula is C18H21NOS. The Labute approximate surface area is 130 Å². The highest BCUT2D eigenvalue weighted by atomic mass is 32.2. The summed E-state index contributed by atoms with van der Waals surface area (Å²) in [4.78, 5) is 12.3. The topological polar surface area (TPSA) is 29.1 Å². The van der Waals surface area contributed by atoms with Gasteiger partial charge in [-0.3, -0.25) is 4.79 Å². The highest BCUT2D eigenvalue weighted by Crippen LogP contribution is 2.32. The molecule has 0 unspecified atom stereocenters. The second kappa shape index (κ2) is 6.52. The SMILES string of the molecule is C[C@H](SC1CCCC1)C(=O)Nc1ccc2ccccc2c1. The minimum Gasteiger partial charge on any atom is -0.325 e. The Bertz CT molecular complexity index is 634. The van der Waals surface area contributed by atoms with Gasteiger partial charge in [-0.2, -0.15) is 0 Å². The van der Waals surface area contributed by atoms with Gasteiger partial charge in [-0.25, -0.2) is 0 Å². The Balaban J connectivity index is 1.64. The highest BCUT2D eigenvalue weighted by molar-refractivity contribution is 8.01. The average molecular weight is 299 g/mol. The van der Waals surface area contributed by atoms with Gasteiger partial charge >= 0.3 is 0 Å². The number of rotatable bonds is 4. The number of hydrogen-bond acceptors (Lipinski definition) is 2. The van der Waals surface area contributed by atoms with Gasteiger partial charge < -0.3 is 5.32 Å². The van der Waals surface area contributed by atoms with Crippen LogP contribution in [0.2, 0.25) is 0 Å². The third kappa shape index (κ3) is 3.59. The van der Waals surface area contributed by atoms with Crippen LogP contribution in [0.25, 0.3) is 10.8 Å². The van der Waals surface area contributed by atoms with Crippen LogP contribution >= 0.6 is 11.8 Å². The molecule has 1 N–H and O–H groups in total. The zero-order valence-corrected chi connectivity index (χ0v) is 13.2. The van der Waals surface area contributed by atoms with Gasteiger partial charge in [-0.1, -0.05) is 43.2 Å². The van der Waals surface area contributed by atoms with Gasteiger partial charge in [0.25, 0.3) is 0 Å². The molecule has 3 heteroatoms. The molecule has 1 aliphatic carbocycles. The molecule has 3 rings (SSSR count). The zero-order valence-electron chi connectivity index (χ0n) is 12.3. The Morgan fingerprint density at radius 3 is 2.62 bits per heavy atom. The number of thioether (sulfide) groups is 1. The van der Waals surface area contributed by atoms with E-state index in [-0.39, 0.29) is 11.2 Å². The van der Waals surface area contributed by atoms with Gasteiger partial charge in [-0.15, -0.1) is 11.8 Å². The molecular weight excluding hydrogens is 278 g/mol. The molecule has 0 heterocycles. The standard InChI is InChI=1S/C18H21NOS/c1-13(21-17-8-4-5-9-17)18(20)19-16-11-10-14-6-2-3-7-15(14)12-16/h2-3,6-7,10-13,17H,4-5,8-9H2,1H3,(H,19,20)/t13-/m0/s1. The van der Waals surface area contributed by atoms with E-state index < -0.39 is 0 Å². The minimum absolute atomic E-state index is 0.0135. The monoisotopic (exact) mass is 299 g/mol. The van der Waals surface area contributed by atoms with Crippen LogP contribution in [0.5, 0.6) is 0 Å². The lowest BCUT2D eigenvalue weighted by Gasteiger charge is -2.16. The van der Waals surface area contributed by atoms with E-state index >= 15 is 0 Å². The van der Waals surface area contributed by atoms with Crippen LogP contribution in [0.1, 0.15) is 32.6 Å². The summed E-state index contributed by atoms with van der Waals surface area (Å²) in [5.41, 5.74) is 0.887. The number of benzene rings is 2.